The number of nitrogens with one attached hydrogen (secondary N) is 1. The summed E-state index contributed by atoms with van der Waals surface area (Å²) >= 11 is 0. The van der Waals surface area contributed by atoms with Crippen LogP contribution in [0.1, 0.15) is 23.2 Å². The fourth-order valence-corrected chi connectivity index (χ4v) is 3.89. The predicted octanol–water partition coefficient (Wildman–Crippen LogP) is 3.28. The van der Waals surface area contributed by atoms with E-state index < -0.39 is 4.92 Å². The summed E-state index contributed by atoms with van der Waals surface area (Å²) in [6.07, 6.45) is 2.05. The number of hydrogen-bond acceptors (Lipinski definition) is 6. The summed E-state index contributed by atoms with van der Waals surface area (Å²) in [5, 5.41) is 14.5. The van der Waals surface area contributed by atoms with Gasteiger partial charge in [0.25, 0.3) is 11.6 Å². The van der Waals surface area contributed by atoms with Gasteiger partial charge >= 0.3 is 0 Å². The van der Waals surface area contributed by atoms with Crippen molar-refractivity contribution < 1.29 is 14.5 Å². The van der Waals surface area contributed by atoms with Crippen molar-refractivity contribution in [1.29, 1.82) is 0 Å². The zero-order valence-electron chi connectivity index (χ0n) is 16.2. The van der Waals surface area contributed by atoms with Gasteiger partial charge in [0.15, 0.2) is 0 Å². The Hall–Kier alpha value is -3.13. The maximum Gasteiger partial charge on any atom is 0.293 e. The zero-order valence-corrected chi connectivity index (χ0v) is 16.2. The molecule has 2 heterocycles. The molecule has 0 spiro atoms. The number of hydrogen-bond donors (Lipinski definition) is 1. The van der Waals surface area contributed by atoms with Gasteiger partial charge in [0, 0.05) is 37.8 Å². The summed E-state index contributed by atoms with van der Waals surface area (Å²) < 4.78 is 5.40. The molecule has 8 nitrogen and oxygen atoms in total. The summed E-state index contributed by atoms with van der Waals surface area (Å²) in [5.41, 5.74) is 2.44. The molecule has 2 aliphatic heterocycles. The van der Waals surface area contributed by atoms with Gasteiger partial charge in [0.2, 0.25) is 0 Å². The topological polar surface area (TPSA) is 88.0 Å². The molecule has 2 aromatic rings. The minimum atomic E-state index is -0.411. The fourth-order valence-electron chi connectivity index (χ4n) is 3.89. The van der Waals surface area contributed by atoms with Crippen molar-refractivity contribution in [3.05, 3.63) is 58.1 Å². The standard InChI is InChI=1S/C21H24N4O4/c26-21(22-17-5-1-2-6-18(17)24-11-13-29-14-12-24)16-7-8-19(20(15-16)25(27)28)23-9-3-4-10-23/h1-2,5-8,15H,3-4,9-14H2,(H,22,26). The molecule has 0 atom stereocenters. The van der Waals surface area contributed by atoms with Gasteiger partial charge in [0.1, 0.15) is 5.69 Å². The van der Waals surface area contributed by atoms with Crippen LogP contribution in [0.5, 0.6) is 0 Å². The number of morpholine rings is 1. The molecule has 8 heteroatoms. The quantitative estimate of drug-likeness (QED) is 0.616. The van der Waals surface area contributed by atoms with Crippen molar-refractivity contribution in [3.8, 4) is 0 Å². The van der Waals surface area contributed by atoms with E-state index >= 15 is 0 Å². The van der Waals surface area contributed by atoms with E-state index in [1.54, 1.807) is 12.1 Å². The number of carbonyl (C=O) groups is 1. The van der Waals surface area contributed by atoms with Crippen molar-refractivity contribution in [3.63, 3.8) is 0 Å². The predicted molar refractivity (Wildman–Crippen MR) is 112 cm³/mol. The highest BCUT2D eigenvalue weighted by Crippen LogP contribution is 2.32. The highest BCUT2D eigenvalue weighted by molar-refractivity contribution is 6.06. The summed E-state index contributed by atoms with van der Waals surface area (Å²) in [4.78, 5) is 28.2. The molecule has 0 saturated carbocycles. The Kier molecular flexibility index (Phi) is 5.62. The molecule has 0 radical (unpaired) electrons. The lowest BCUT2D eigenvalue weighted by molar-refractivity contribution is -0.384. The van der Waals surface area contributed by atoms with E-state index in [0.717, 1.165) is 44.7 Å². The third-order valence-corrected chi connectivity index (χ3v) is 5.39. The number of amides is 1. The van der Waals surface area contributed by atoms with Crippen LogP contribution in [0.2, 0.25) is 0 Å². The van der Waals surface area contributed by atoms with Crippen molar-refractivity contribution >= 4 is 28.7 Å². The third kappa shape index (κ3) is 4.17. The van der Waals surface area contributed by atoms with Crippen LogP contribution in [0, 0.1) is 10.1 Å². The molecule has 1 amide bonds. The summed E-state index contributed by atoms with van der Waals surface area (Å²) in [6, 6.07) is 12.3. The largest absolute Gasteiger partial charge is 0.378 e. The molecule has 0 bridgehead atoms. The third-order valence-electron chi connectivity index (χ3n) is 5.39. The molecule has 0 unspecified atom stereocenters. The molecule has 29 heavy (non-hydrogen) atoms. The van der Waals surface area contributed by atoms with Crippen LogP contribution in [0.15, 0.2) is 42.5 Å². The van der Waals surface area contributed by atoms with Crippen molar-refractivity contribution in [2.45, 2.75) is 12.8 Å². The molecule has 0 aromatic heterocycles. The van der Waals surface area contributed by atoms with E-state index in [0.29, 0.717) is 24.6 Å². The lowest BCUT2D eigenvalue weighted by Crippen LogP contribution is -2.36. The van der Waals surface area contributed by atoms with Crippen LogP contribution in [0.25, 0.3) is 0 Å². The first-order valence-electron chi connectivity index (χ1n) is 9.90. The Bertz CT molecular complexity index is 905. The first-order chi connectivity index (χ1) is 14.1. The van der Waals surface area contributed by atoms with Gasteiger partial charge in [-0.05, 0) is 37.1 Å². The number of anilines is 3. The molecule has 152 valence electrons. The zero-order chi connectivity index (χ0) is 20.2. The highest BCUT2D eigenvalue weighted by atomic mass is 16.6. The molecule has 2 fully saturated rings. The Morgan fingerprint density at radius 2 is 1.66 bits per heavy atom. The van der Waals surface area contributed by atoms with Gasteiger partial charge in [-0.2, -0.15) is 0 Å². The highest BCUT2D eigenvalue weighted by Gasteiger charge is 2.24. The first-order valence-corrected chi connectivity index (χ1v) is 9.90. The van der Waals surface area contributed by atoms with E-state index in [-0.39, 0.29) is 17.2 Å². The number of nitrogens with zero attached hydrogens (tertiary/aromatic N) is 3. The molecule has 2 saturated heterocycles. The minimum absolute atomic E-state index is 0.0268. The monoisotopic (exact) mass is 396 g/mol. The van der Waals surface area contributed by atoms with Crippen molar-refractivity contribution in [2.24, 2.45) is 0 Å². The summed E-state index contributed by atoms with van der Waals surface area (Å²) in [7, 11) is 0. The summed E-state index contributed by atoms with van der Waals surface area (Å²) in [6.45, 7) is 4.41. The van der Waals surface area contributed by atoms with Crippen LogP contribution >= 0.6 is 0 Å². The van der Waals surface area contributed by atoms with E-state index in [9.17, 15) is 14.9 Å². The maximum atomic E-state index is 12.9. The second kappa shape index (κ2) is 8.48. The summed E-state index contributed by atoms with van der Waals surface area (Å²) in [5.74, 6) is -0.359. The molecule has 4 rings (SSSR count). The Labute approximate surface area is 169 Å². The van der Waals surface area contributed by atoms with Crippen LogP contribution in [-0.4, -0.2) is 50.2 Å². The number of ether oxygens (including phenoxy) is 1. The van der Waals surface area contributed by atoms with Gasteiger partial charge in [-0.3, -0.25) is 14.9 Å². The minimum Gasteiger partial charge on any atom is -0.378 e. The average Bonchev–Trinajstić information content (AvgIpc) is 3.29. The fraction of sp³-hybridized carbons (Fsp3) is 0.381. The molecule has 0 aliphatic carbocycles. The maximum absolute atomic E-state index is 12.9. The number of nitro groups is 1. The Morgan fingerprint density at radius 3 is 2.38 bits per heavy atom. The SMILES string of the molecule is O=C(Nc1ccccc1N1CCOCC1)c1ccc(N2CCCC2)c([N+](=O)[O-])c1. The van der Waals surface area contributed by atoms with E-state index in [1.165, 1.54) is 6.07 Å². The van der Waals surface area contributed by atoms with Gasteiger partial charge in [-0.1, -0.05) is 12.1 Å². The van der Waals surface area contributed by atoms with Crippen molar-refractivity contribution in [1.82, 2.24) is 0 Å². The van der Waals surface area contributed by atoms with Crippen LogP contribution in [0.4, 0.5) is 22.7 Å². The first kappa shape index (κ1) is 19.2. The average molecular weight is 396 g/mol. The second-order valence-electron chi connectivity index (χ2n) is 7.23. The van der Waals surface area contributed by atoms with Gasteiger partial charge in [0.05, 0.1) is 29.5 Å². The van der Waals surface area contributed by atoms with E-state index in [1.807, 2.05) is 29.2 Å². The molecular formula is C21H24N4O4. The van der Waals surface area contributed by atoms with E-state index in [4.69, 9.17) is 4.74 Å². The van der Waals surface area contributed by atoms with Crippen LogP contribution in [0.3, 0.4) is 0 Å². The number of nitro benzene ring substituents is 1. The number of para-hydroxylation sites is 2. The molecule has 1 N–H and O–H groups in total. The number of benzene rings is 2. The van der Waals surface area contributed by atoms with Gasteiger partial charge < -0.3 is 19.9 Å². The molecule has 2 aromatic carbocycles. The second-order valence-corrected chi connectivity index (χ2v) is 7.23. The van der Waals surface area contributed by atoms with E-state index in [2.05, 4.69) is 10.2 Å². The van der Waals surface area contributed by atoms with Crippen LogP contribution in [-0.2, 0) is 4.74 Å². The normalized spacial score (nSPS) is 16.7. The van der Waals surface area contributed by atoms with Gasteiger partial charge in [-0.15, -0.1) is 0 Å². The lowest BCUT2D eigenvalue weighted by Gasteiger charge is -2.30. The lowest BCUT2D eigenvalue weighted by atomic mass is 10.1. The molecular weight excluding hydrogens is 372 g/mol. The smallest absolute Gasteiger partial charge is 0.293 e. The Morgan fingerprint density at radius 1 is 0.966 bits per heavy atom. The molecule has 2 aliphatic rings. The van der Waals surface area contributed by atoms with Gasteiger partial charge in [-0.25, -0.2) is 0 Å². The van der Waals surface area contributed by atoms with Crippen molar-refractivity contribution in [2.75, 3.05) is 54.5 Å². The Balaban J connectivity index is 1.57. The number of rotatable bonds is 5. The van der Waals surface area contributed by atoms with Crippen LogP contribution < -0.4 is 15.1 Å². The number of carbonyl (C=O) groups excluding carboxylic acids is 1.